The van der Waals surface area contributed by atoms with E-state index in [1.165, 1.54) is 30.5 Å². The van der Waals surface area contributed by atoms with Crippen LogP contribution in [-0.2, 0) is 0 Å². The van der Waals surface area contributed by atoms with E-state index in [-0.39, 0.29) is 23.0 Å². The number of phenolic OH excluding ortho intramolecular Hbond substituents is 4. The van der Waals surface area contributed by atoms with Crippen molar-refractivity contribution in [2.24, 2.45) is 0 Å². The maximum Gasteiger partial charge on any atom is 0.123 e. The first-order valence-corrected chi connectivity index (χ1v) is 6.63. The molecule has 4 N–H and O–H groups in total. The molecule has 1 aromatic heterocycles. The van der Waals surface area contributed by atoms with E-state index in [2.05, 4.69) is 0 Å². The summed E-state index contributed by atoms with van der Waals surface area (Å²) < 4.78 is 5.43. The molecule has 0 atom stereocenters. The zero-order chi connectivity index (χ0) is 15.7. The van der Waals surface area contributed by atoms with E-state index in [0.29, 0.717) is 16.9 Å². The highest BCUT2D eigenvalue weighted by atomic mass is 16.3. The molecule has 5 nitrogen and oxygen atoms in total. The van der Waals surface area contributed by atoms with Crippen molar-refractivity contribution in [2.45, 2.75) is 5.92 Å². The molecule has 0 aliphatic heterocycles. The quantitative estimate of drug-likeness (QED) is 0.595. The Labute approximate surface area is 126 Å². The fourth-order valence-corrected chi connectivity index (χ4v) is 2.48. The van der Waals surface area contributed by atoms with E-state index >= 15 is 0 Å². The zero-order valence-corrected chi connectivity index (χ0v) is 11.5. The third-order valence-electron chi connectivity index (χ3n) is 3.48. The molecule has 0 aliphatic rings. The number of phenols is 4. The SMILES string of the molecule is Oc1ccc(C(c2ccco2)c2ccc(O)cc2O)c(O)c1. The van der Waals surface area contributed by atoms with Gasteiger partial charge in [-0.05, 0) is 24.3 Å². The van der Waals surface area contributed by atoms with Gasteiger partial charge in [-0.25, -0.2) is 0 Å². The predicted molar refractivity (Wildman–Crippen MR) is 79.2 cm³/mol. The van der Waals surface area contributed by atoms with Gasteiger partial charge >= 0.3 is 0 Å². The van der Waals surface area contributed by atoms with Crippen LogP contribution in [0.3, 0.4) is 0 Å². The molecule has 3 aromatic rings. The van der Waals surface area contributed by atoms with Crippen LogP contribution in [0.1, 0.15) is 22.8 Å². The molecule has 0 radical (unpaired) electrons. The summed E-state index contributed by atoms with van der Waals surface area (Å²) in [6.07, 6.45) is 1.50. The average Bonchev–Trinajstić information content (AvgIpc) is 2.97. The van der Waals surface area contributed by atoms with Crippen molar-refractivity contribution in [3.63, 3.8) is 0 Å². The Bertz CT molecular complexity index is 741. The van der Waals surface area contributed by atoms with E-state index in [1.807, 2.05) is 0 Å². The molecule has 1 heterocycles. The first-order valence-electron chi connectivity index (χ1n) is 6.63. The van der Waals surface area contributed by atoms with Gasteiger partial charge in [0.1, 0.15) is 28.8 Å². The van der Waals surface area contributed by atoms with Crippen LogP contribution in [0.25, 0.3) is 0 Å². The van der Waals surface area contributed by atoms with Gasteiger partial charge in [-0.2, -0.15) is 0 Å². The van der Waals surface area contributed by atoms with Crippen molar-refractivity contribution in [2.75, 3.05) is 0 Å². The molecule has 0 bridgehead atoms. The summed E-state index contributed by atoms with van der Waals surface area (Å²) in [7, 11) is 0. The molecular formula is C17H14O5. The van der Waals surface area contributed by atoms with E-state index in [4.69, 9.17) is 4.42 Å². The van der Waals surface area contributed by atoms with Crippen LogP contribution in [0.15, 0.2) is 59.2 Å². The van der Waals surface area contributed by atoms with E-state index in [1.54, 1.807) is 24.3 Å². The number of hydrogen-bond donors (Lipinski definition) is 4. The summed E-state index contributed by atoms with van der Waals surface area (Å²) in [6, 6.07) is 11.9. The minimum atomic E-state index is -0.573. The molecule has 22 heavy (non-hydrogen) atoms. The highest BCUT2D eigenvalue weighted by Gasteiger charge is 2.25. The maximum absolute atomic E-state index is 10.1. The molecule has 0 aliphatic carbocycles. The Morgan fingerprint density at radius 1 is 0.727 bits per heavy atom. The highest BCUT2D eigenvalue weighted by Crippen LogP contribution is 2.42. The molecule has 5 heteroatoms. The normalized spacial score (nSPS) is 11.0. The van der Waals surface area contributed by atoms with Gasteiger partial charge in [0.25, 0.3) is 0 Å². The second kappa shape index (κ2) is 5.37. The summed E-state index contributed by atoms with van der Waals surface area (Å²) in [5.41, 5.74) is 0.933. The van der Waals surface area contributed by atoms with E-state index in [0.717, 1.165) is 0 Å². The minimum Gasteiger partial charge on any atom is -0.508 e. The lowest BCUT2D eigenvalue weighted by atomic mass is 9.87. The fraction of sp³-hybridized carbons (Fsp3) is 0.0588. The summed E-state index contributed by atoms with van der Waals surface area (Å²) in [4.78, 5) is 0. The number of benzene rings is 2. The van der Waals surface area contributed by atoms with Crippen LogP contribution in [0.5, 0.6) is 23.0 Å². The van der Waals surface area contributed by atoms with Gasteiger partial charge in [0.2, 0.25) is 0 Å². The second-order valence-electron chi connectivity index (χ2n) is 4.93. The molecule has 0 amide bonds. The van der Waals surface area contributed by atoms with Crippen LogP contribution in [0.4, 0.5) is 0 Å². The molecule has 0 unspecified atom stereocenters. The third kappa shape index (κ3) is 2.44. The lowest BCUT2D eigenvalue weighted by Gasteiger charge is -2.18. The smallest absolute Gasteiger partial charge is 0.123 e. The monoisotopic (exact) mass is 298 g/mol. The molecular weight excluding hydrogens is 284 g/mol. The maximum atomic E-state index is 10.1. The lowest BCUT2D eigenvalue weighted by Crippen LogP contribution is -2.03. The van der Waals surface area contributed by atoms with Gasteiger partial charge in [-0.1, -0.05) is 12.1 Å². The summed E-state index contributed by atoms with van der Waals surface area (Å²) >= 11 is 0. The Balaban J connectivity index is 2.20. The van der Waals surface area contributed by atoms with Crippen LogP contribution in [0.2, 0.25) is 0 Å². The van der Waals surface area contributed by atoms with Crippen molar-refractivity contribution >= 4 is 0 Å². The fourth-order valence-electron chi connectivity index (χ4n) is 2.48. The van der Waals surface area contributed by atoms with E-state index in [9.17, 15) is 20.4 Å². The van der Waals surface area contributed by atoms with Gasteiger partial charge in [0.15, 0.2) is 0 Å². The van der Waals surface area contributed by atoms with Gasteiger partial charge < -0.3 is 24.8 Å². The Kier molecular flexibility index (Phi) is 3.39. The topological polar surface area (TPSA) is 94.1 Å². The standard InChI is InChI=1S/C17H14O5/c18-10-3-5-12(14(20)8-10)17(16-2-1-7-22-16)13-6-4-11(19)9-15(13)21/h1-9,17-21H. The first kappa shape index (κ1) is 13.9. The van der Waals surface area contributed by atoms with Gasteiger partial charge in [0, 0.05) is 23.3 Å². The van der Waals surface area contributed by atoms with E-state index < -0.39 is 5.92 Å². The van der Waals surface area contributed by atoms with Crippen molar-refractivity contribution in [1.29, 1.82) is 0 Å². The molecule has 2 aromatic carbocycles. The van der Waals surface area contributed by atoms with Crippen LogP contribution in [0, 0.1) is 0 Å². The van der Waals surface area contributed by atoms with Gasteiger partial charge in [-0.3, -0.25) is 0 Å². The summed E-state index contributed by atoms with van der Waals surface area (Å²) in [5, 5.41) is 39.2. The number of hydrogen-bond acceptors (Lipinski definition) is 5. The van der Waals surface area contributed by atoms with Crippen molar-refractivity contribution < 1.29 is 24.8 Å². The summed E-state index contributed by atoms with van der Waals surface area (Å²) in [5.74, 6) is -0.412. The van der Waals surface area contributed by atoms with Crippen molar-refractivity contribution in [1.82, 2.24) is 0 Å². The molecule has 112 valence electrons. The van der Waals surface area contributed by atoms with Crippen molar-refractivity contribution in [3.8, 4) is 23.0 Å². The van der Waals surface area contributed by atoms with Gasteiger partial charge in [-0.15, -0.1) is 0 Å². The largest absolute Gasteiger partial charge is 0.508 e. The second-order valence-corrected chi connectivity index (χ2v) is 4.93. The Morgan fingerprint density at radius 2 is 1.27 bits per heavy atom. The zero-order valence-electron chi connectivity index (χ0n) is 11.5. The molecule has 0 saturated carbocycles. The summed E-state index contributed by atoms with van der Waals surface area (Å²) in [6.45, 7) is 0. The van der Waals surface area contributed by atoms with Crippen LogP contribution < -0.4 is 0 Å². The van der Waals surface area contributed by atoms with Gasteiger partial charge in [0.05, 0.1) is 12.2 Å². The molecule has 0 fully saturated rings. The van der Waals surface area contributed by atoms with Crippen molar-refractivity contribution in [3.05, 3.63) is 71.7 Å². The molecule has 0 saturated heterocycles. The number of furan rings is 1. The third-order valence-corrected chi connectivity index (χ3v) is 3.48. The molecule has 0 spiro atoms. The number of aromatic hydroxyl groups is 4. The molecule has 3 rings (SSSR count). The Morgan fingerprint density at radius 3 is 1.68 bits per heavy atom. The highest BCUT2D eigenvalue weighted by molar-refractivity contribution is 5.53. The number of rotatable bonds is 3. The average molecular weight is 298 g/mol. The minimum absolute atomic E-state index is 0.0608. The Hall–Kier alpha value is -3.08. The predicted octanol–water partition coefficient (Wildman–Crippen LogP) is 3.28. The van der Waals surface area contributed by atoms with Crippen LogP contribution in [-0.4, -0.2) is 20.4 Å². The van der Waals surface area contributed by atoms with Crippen LogP contribution >= 0.6 is 0 Å². The first-order chi connectivity index (χ1) is 10.6. The lowest BCUT2D eigenvalue weighted by molar-refractivity contribution is 0.430.